The first-order valence-electron chi connectivity index (χ1n) is 10.6. The van der Waals surface area contributed by atoms with Gasteiger partial charge in [0.2, 0.25) is 5.91 Å². The second-order valence-corrected chi connectivity index (χ2v) is 12.3. The number of nitrogens with zero attached hydrogens (tertiary/aromatic N) is 4. The summed E-state index contributed by atoms with van der Waals surface area (Å²) in [5, 5.41) is 11.1. The number of para-hydroxylation sites is 1. The molecule has 2 unspecified atom stereocenters. The summed E-state index contributed by atoms with van der Waals surface area (Å²) in [5.41, 5.74) is 0.945. The van der Waals surface area contributed by atoms with Gasteiger partial charge in [0.05, 0.1) is 16.8 Å². The van der Waals surface area contributed by atoms with Crippen LogP contribution < -0.4 is 0 Å². The van der Waals surface area contributed by atoms with Crippen LogP contribution in [-0.2, 0) is 21.1 Å². The van der Waals surface area contributed by atoms with E-state index in [1.807, 2.05) is 60.2 Å². The van der Waals surface area contributed by atoms with Gasteiger partial charge < -0.3 is 4.90 Å². The molecule has 32 heavy (non-hydrogen) atoms. The number of amides is 1. The number of thioether (sulfide) groups is 1. The lowest BCUT2D eigenvalue weighted by atomic mass is 10.2. The van der Waals surface area contributed by atoms with Crippen molar-refractivity contribution in [2.24, 2.45) is 0 Å². The first kappa shape index (κ1) is 23.0. The molecule has 1 aliphatic heterocycles. The van der Waals surface area contributed by atoms with Gasteiger partial charge in [-0.15, -0.1) is 21.5 Å². The van der Waals surface area contributed by atoms with E-state index < -0.39 is 15.1 Å². The van der Waals surface area contributed by atoms with Gasteiger partial charge in [0.25, 0.3) is 0 Å². The Morgan fingerprint density at radius 1 is 1.25 bits per heavy atom. The number of thiophene rings is 1. The van der Waals surface area contributed by atoms with E-state index in [1.165, 1.54) is 16.6 Å². The highest BCUT2D eigenvalue weighted by Gasteiger charge is 2.36. The van der Waals surface area contributed by atoms with Crippen molar-refractivity contribution < 1.29 is 13.2 Å². The first-order valence-corrected chi connectivity index (χ1v) is 14.2. The molecule has 0 N–H and O–H groups in total. The maximum atomic E-state index is 13.2. The fourth-order valence-electron chi connectivity index (χ4n) is 3.95. The van der Waals surface area contributed by atoms with E-state index >= 15 is 0 Å². The standard InChI is InChI=1S/C22H26N4O3S3/c1-3-25(18-11-13-32(28,29)15-18)21(27)16(2)31-22-24-23-20(14-19-10-7-12-30-19)26(22)17-8-5-4-6-9-17/h4-10,12,16,18H,3,11,13-15H2,1-2H3. The van der Waals surface area contributed by atoms with E-state index in [2.05, 4.69) is 16.3 Å². The molecule has 0 saturated carbocycles. The monoisotopic (exact) mass is 490 g/mol. The van der Waals surface area contributed by atoms with Crippen LogP contribution in [0.2, 0.25) is 0 Å². The zero-order chi connectivity index (χ0) is 22.7. The summed E-state index contributed by atoms with van der Waals surface area (Å²) in [4.78, 5) is 16.1. The molecule has 0 aliphatic carbocycles. The molecule has 0 bridgehead atoms. The Morgan fingerprint density at radius 2 is 2.03 bits per heavy atom. The molecule has 1 saturated heterocycles. The Bertz CT molecular complexity index is 1160. The molecule has 0 spiro atoms. The van der Waals surface area contributed by atoms with Gasteiger partial charge in [-0.25, -0.2) is 8.42 Å². The fraction of sp³-hybridized carbons (Fsp3) is 0.409. The van der Waals surface area contributed by atoms with Crippen LogP contribution in [0.3, 0.4) is 0 Å². The van der Waals surface area contributed by atoms with Crippen molar-refractivity contribution in [2.45, 2.75) is 43.1 Å². The lowest BCUT2D eigenvalue weighted by molar-refractivity contribution is -0.131. The second kappa shape index (κ2) is 9.76. The molecule has 2 aromatic heterocycles. The van der Waals surface area contributed by atoms with Gasteiger partial charge in [0, 0.05) is 29.6 Å². The molecule has 0 radical (unpaired) electrons. The van der Waals surface area contributed by atoms with Crippen molar-refractivity contribution in [1.29, 1.82) is 0 Å². The molecular formula is C22H26N4O3S3. The normalized spacial score (nSPS) is 18.5. The number of rotatable bonds is 8. The van der Waals surface area contributed by atoms with Gasteiger partial charge in [-0.05, 0) is 43.8 Å². The highest BCUT2D eigenvalue weighted by molar-refractivity contribution is 8.00. The highest BCUT2D eigenvalue weighted by atomic mass is 32.2. The summed E-state index contributed by atoms with van der Waals surface area (Å²) in [5.74, 6) is 0.948. The number of hydrogen-bond donors (Lipinski definition) is 0. The topological polar surface area (TPSA) is 85.2 Å². The number of benzene rings is 1. The van der Waals surface area contributed by atoms with E-state index in [4.69, 9.17) is 0 Å². The SMILES string of the molecule is CCN(C(=O)C(C)Sc1nnc(Cc2cccs2)n1-c1ccccc1)C1CCS(=O)(=O)C1. The van der Waals surface area contributed by atoms with Crippen LogP contribution in [0, 0.1) is 0 Å². The minimum absolute atomic E-state index is 0.0507. The quantitative estimate of drug-likeness (QED) is 0.450. The molecule has 2 atom stereocenters. The van der Waals surface area contributed by atoms with Crippen molar-refractivity contribution in [1.82, 2.24) is 19.7 Å². The number of carbonyl (C=O) groups is 1. The zero-order valence-corrected chi connectivity index (χ0v) is 20.5. The van der Waals surface area contributed by atoms with Gasteiger partial charge in [-0.1, -0.05) is 36.0 Å². The summed E-state index contributed by atoms with van der Waals surface area (Å²) >= 11 is 3.03. The Hall–Kier alpha value is -2.17. The van der Waals surface area contributed by atoms with Crippen LogP contribution >= 0.6 is 23.1 Å². The summed E-state index contributed by atoms with van der Waals surface area (Å²) in [6.45, 7) is 4.23. The largest absolute Gasteiger partial charge is 0.338 e. The van der Waals surface area contributed by atoms with E-state index in [9.17, 15) is 13.2 Å². The second-order valence-electron chi connectivity index (χ2n) is 7.77. The number of aromatic nitrogens is 3. The third-order valence-corrected chi connectivity index (χ3v) is 9.19. The van der Waals surface area contributed by atoms with E-state index in [0.29, 0.717) is 24.5 Å². The Labute approximate surface area is 196 Å². The van der Waals surface area contributed by atoms with Crippen molar-refractivity contribution in [3.63, 3.8) is 0 Å². The van der Waals surface area contributed by atoms with Gasteiger partial charge in [0.1, 0.15) is 5.82 Å². The summed E-state index contributed by atoms with van der Waals surface area (Å²) in [7, 11) is -3.06. The van der Waals surface area contributed by atoms with Crippen LogP contribution in [-0.4, -0.2) is 63.3 Å². The van der Waals surface area contributed by atoms with Gasteiger partial charge in [-0.3, -0.25) is 9.36 Å². The predicted octanol–water partition coefficient (Wildman–Crippen LogP) is 3.44. The molecule has 1 fully saturated rings. The van der Waals surface area contributed by atoms with Crippen molar-refractivity contribution in [3.05, 3.63) is 58.5 Å². The Morgan fingerprint density at radius 3 is 2.66 bits per heavy atom. The van der Waals surface area contributed by atoms with Crippen molar-refractivity contribution in [2.75, 3.05) is 18.1 Å². The van der Waals surface area contributed by atoms with Crippen LogP contribution in [0.25, 0.3) is 5.69 Å². The van der Waals surface area contributed by atoms with E-state index in [1.54, 1.807) is 16.2 Å². The minimum Gasteiger partial charge on any atom is -0.338 e. The highest BCUT2D eigenvalue weighted by Crippen LogP contribution is 2.29. The molecule has 3 aromatic rings. The molecule has 1 aromatic carbocycles. The first-order chi connectivity index (χ1) is 15.4. The molecule has 7 nitrogen and oxygen atoms in total. The zero-order valence-electron chi connectivity index (χ0n) is 18.0. The Kier molecular flexibility index (Phi) is 7.02. The third kappa shape index (κ3) is 5.07. The molecule has 10 heteroatoms. The van der Waals surface area contributed by atoms with Crippen molar-refractivity contribution in [3.8, 4) is 5.69 Å². The predicted molar refractivity (Wildman–Crippen MR) is 128 cm³/mol. The average Bonchev–Trinajstić information content (AvgIpc) is 3.50. The van der Waals surface area contributed by atoms with Crippen LogP contribution in [0.1, 0.15) is 31.0 Å². The fourth-order valence-corrected chi connectivity index (χ4v) is 7.34. The number of sulfone groups is 1. The number of carbonyl (C=O) groups excluding carboxylic acids is 1. The molecular weight excluding hydrogens is 464 g/mol. The molecule has 170 valence electrons. The van der Waals surface area contributed by atoms with Gasteiger partial charge in [-0.2, -0.15) is 0 Å². The lowest BCUT2D eigenvalue weighted by Gasteiger charge is -2.29. The van der Waals surface area contributed by atoms with Gasteiger partial charge in [0.15, 0.2) is 15.0 Å². The van der Waals surface area contributed by atoms with E-state index in [-0.39, 0.29) is 23.5 Å². The third-order valence-electron chi connectivity index (χ3n) is 5.53. The Balaban J connectivity index is 1.58. The summed E-state index contributed by atoms with van der Waals surface area (Å²) in [6.07, 6.45) is 1.16. The minimum atomic E-state index is -3.06. The maximum absolute atomic E-state index is 13.2. The molecule has 1 aliphatic rings. The molecule has 1 amide bonds. The summed E-state index contributed by atoms with van der Waals surface area (Å²) < 4.78 is 25.8. The molecule has 4 rings (SSSR count). The smallest absolute Gasteiger partial charge is 0.236 e. The lowest BCUT2D eigenvalue weighted by Crippen LogP contribution is -2.44. The van der Waals surface area contributed by atoms with E-state index in [0.717, 1.165) is 11.5 Å². The van der Waals surface area contributed by atoms with Crippen molar-refractivity contribution >= 4 is 38.8 Å². The maximum Gasteiger partial charge on any atom is 0.236 e. The molecule has 3 heterocycles. The number of hydrogen-bond acceptors (Lipinski definition) is 7. The van der Waals surface area contributed by atoms with Crippen LogP contribution in [0.15, 0.2) is 53.0 Å². The average molecular weight is 491 g/mol. The van der Waals surface area contributed by atoms with Gasteiger partial charge >= 0.3 is 0 Å². The summed E-state index contributed by atoms with van der Waals surface area (Å²) in [6, 6.07) is 13.7. The van der Waals surface area contributed by atoms with Crippen LogP contribution in [0.4, 0.5) is 0 Å². The van der Waals surface area contributed by atoms with Crippen LogP contribution in [0.5, 0.6) is 0 Å².